The lowest BCUT2D eigenvalue weighted by atomic mass is 10.2. The second kappa shape index (κ2) is 6.10. The molecule has 2 N–H and O–H groups in total. The average Bonchev–Trinajstić information content (AvgIpc) is 3.09. The lowest BCUT2D eigenvalue weighted by molar-refractivity contribution is -0.922. The van der Waals surface area contributed by atoms with Gasteiger partial charge < -0.3 is 15.0 Å². The van der Waals surface area contributed by atoms with Crippen molar-refractivity contribution < 1.29 is 9.64 Å². The summed E-state index contributed by atoms with van der Waals surface area (Å²) in [5, 5.41) is 4.76. The Morgan fingerprint density at radius 3 is 2.91 bits per heavy atom. The van der Waals surface area contributed by atoms with Gasteiger partial charge >= 0.3 is 0 Å². The zero-order valence-corrected chi connectivity index (χ0v) is 13.9. The highest BCUT2D eigenvalue weighted by Gasteiger charge is 2.23. The quantitative estimate of drug-likeness (QED) is 0.884. The first-order valence-corrected chi connectivity index (χ1v) is 9.13. The Balaban J connectivity index is 1.70. The number of fused-ring (bicyclic) bond motifs is 3. The first-order valence-electron chi connectivity index (χ1n) is 8.31. The van der Waals surface area contributed by atoms with Crippen LogP contribution in [0.1, 0.15) is 29.6 Å². The van der Waals surface area contributed by atoms with Crippen LogP contribution in [0.4, 0.5) is 5.82 Å². The molecule has 0 spiro atoms. The lowest BCUT2D eigenvalue weighted by Crippen LogP contribution is -3.12. The second-order valence-electron chi connectivity index (χ2n) is 6.10. The highest BCUT2D eigenvalue weighted by Crippen LogP contribution is 2.39. The fourth-order valence-corrected chi connectivity index (χ4v) is 4.75. The van der Waals surface area contributed by atoms with Crippen molar-refractivity contribution in [2.24, 2.45) is 0 Å². The Morgan fingerprint density at radius 2 is 2.09 bits per heavy atom. The molecule has 5 nitrogen and oxygen atoms in total. The smallest absolute Gasteiger partial charge is 0.187 e. The molecule has 2 aliphatic rings. The largest absolute Gasteiger partial charge is 0.370 e. The summed E-state index contributed by atoms with van der Waals surface area (Å²) in [6, 6.07) is 0. The number of nitrogens with zero attached hydrogens (tertiary/aromatic N) is 2. The molecule has 0 atom stereocenters. The molecule has 0 amide bonds. The Hall–Kier alpha value is -1.24. The molecule has 0 aromatic carbocycles. The van der Waals surface area contributed by atoms with E-state index in [1.54, 1.807) is 0 Å². The number of hydrogen-bond donors (Lipinski definition) is 2. The molecule has 118 valence electrons. The van der Waals surface area contributed by atoms with Gasteiger partial charge in [-0.15, -0.1) is 11.3 Å². The fourth-order valence-electron chi connectivity index (χ4n) is 3.47. The highest BCUT2D eigenvalue weighted by molar-refractivity contribution is 7.19. The molecular formula is C16H23N4OS+. The third-order valence-electron chi connectivity index (χ3n) is 4.56. The third kappa shape index (κ3) is 2.59. The molecule has 22 heavy (non-hydrogen) atoms. The standard InChI is InChI=1S/C16H22N4OS/c1-2-17-15-14-11-4-3-5-12(11)22-16(14)19-13(18-15)10-20-6-8-21-9-7-20/h2-10H2,1H3,(H,17,18,19)/p+1. The second-order valence-corrected chi connectivity index (χ2v) is 7.18. The molecule has 1 saturated heterocycles. The number of anilines is 1. The molecular weight excluding hydrogens is 296 g/mol. The lowest BCUT2D eigenvalue weighted by Gasteiger charge is -2.23. The third-order valence-corrected chi connectivity index (χ3v) is 5.75. The minimum Gasteiger partial charge on any atom is -0.370 e. The number of thiophene rings is 1. The van der Waals surface area contributed by atoms with Gasteiger partial charge in [0.05, 0.1) is 18.6 Å². The molecule has 0 bridgehead atoms. The van der Waals surface area contributed by atoms with E-state index in [1.807, 2.05) is 11.3 Å². The monoisotopic (exact) mass is 319 g/mol. The molecule has 2 aromatic rings. The van der Waals surface area contributed by atoms with Crippen LogP contribution in [-0.4, -0.2) is 42.8 Å². The summed E-state index contributed by atoms with van der Waals surface area (Å²) in [7, 11) is 0. The van der Waals surface area contributed by atoms with Crippen molar-refractivity contribution in [3.8, 4) is 0 Å². The Kier molecular flexibility index (Phi) is 3.98. The first kappa shape index (κ1) is 14.4. The normalized spacial score (nSPS) is 18.8. The van der Waals surface area contributed by atoms with Crippen molar-refractivity contribution >= 4 is 27.4 Å². The summed E-state index contributed by atoms with van der Waals surface area (Å²) >= 11 is 1.88. The zero-order valence-electron chi connectivity index (χ0n) is 13.1. The number of aryl methyl sites for hydroxylation is 2. The van der Waals surface area contributed by atoms with Crippen LogP contribution in [0.15, 0.2) is 0 Å². The summed E-state index contributed by atoms with van der Waals surface area (Å²) in [6.45, 7) is 7.75. The number of ether oxygens (including phenoxy) is 1. The molecule has 6 heteroatoms. The van der Waals surface area contributed by atoms with Crippen LogP contribution in [0.25, 0.3) is 10.2 Å². The van der Waals surface area contributed by atoms with E-state index in [1.165, 1.54) is 44.8 Å². The van der Waals surface area contributed by atoms with Gasteiger partial charge in [0.2, 0.25) is 0 Å². The van der Waals surface area contributed by atoms with Crippen LogP contribution < -0.4 is 10.2 Å². The van der Waals surface area contributed by atoms with Crippen molar-refractivity contribution in [2.75, 3.05) is 38.2 Å². The van der Waals surface area contributed by atoms with Crippen LogP contribution in [0, 0.1) is 0 Å². The summed E-state index contributed by atoms with van der Waals surface area (Å²) in [5.41, 5.74) is 1.50. The van der Waals surface area contributed by atoms with Gasteiger partial charge in [0, 0.05) is 11.4 Å². The van der Waals surface area contributed by atoms with Crippen molar-refractivity contribution in [3.63, 3.8) is 0 Å². The van der Waals surface area contributed by atoms with Crippen molar-refractivity contribution in [2.45, 2.75) is 32.7 Å². The maximum Gasteiger partial charge on any atom is 0.187 e. The average molecular weight is 319 g/mol. The number of hydrogen-bond acceptors (Lipinski definition) is 5. The minimum absolute atomic E-state index is 0.852. The summed E-state index contributed by atoms with van der Waals surface area (Å²) < 4.78 is 5.44. The molecule has 3 heterocycles. The molecule has 2 aromatic heterocycles. The van der Waals surface area contributed by atoms with Gasteiger partial charge in [-0.05, 0) is 31.7 Å². The predicted octanol–water partition coefficient (Wildman–Crippen LogP) is 1.03. The topological polar surface area (TPSA) is 51.5 Å². The Labute approximate surface area is 134 Å². The van der Waals surface area contributed by atoms with Crippen molar-refractivity contribution in [1.82, 2.24) is 9.97 Å². The maximum absolute atomic E-state index is 5.44. The molecule has 0 unspecified atom stereocenters. The van der Waals surface area contributed by atoms with Crippen LogP contribution in [0.5, 0.6) is 0 Å². The highest BCUT2D eigenvalue weighted by atomic mass is 32.1. The van der Waals surface area contributed by atoms with E-state index in [9.17, 15) is 0 Å². The van der Waals surface area contributed by atoms with E-state index in [-0.39, 0.29) is 0 Å². The number of morpholine rings is 1. The number of nitrogens with one attached hydrogen (secondary N) is 2. The van der Waals surface area contributed by atoms with E-state index in [0.717, 1.165) is 51.0 Å². The van der Waals surface area contributed by atoms with E-state index >= 15 is 0 Å². The van der Waals surface area contributed by atoms with E-state index in [0.29, 0.717) is 0 Å². The van der Waals surface area contributed by atoms with Crippen molar-refractivity contribution in [1.29, 1.82) is 0 Å². The SMILES string of the molecule is CCNc1nc(C[NH+]2CCOCC2)nc2sc3c(c12)CCC3. The van der Waals surface area contributed by atoms with Gasteiger partial charge in [0.15, 0.2) is 5.82 Å². The number of quaternary nitrogens is 1. The van der Waals surface area contributed by atoms with E-state index in [2.05, 4.69) is 12.2 Å². The first-order chi connectivity index (χ1) is 10.8. The molecule has 1 aliphatic heterocycles. The maximum atomic E-state index is 5.44. The molecule has 0 saturated carbocycles. The van der Waals surface area contributed by atoms with Gasteiger partial charge in [0.25, 0.3) is 0 Å². The summed E-state index contributed by atoms with van der Waals surface area (Å²) in [5.74, 6) is 2.02. The van der Waals surface area contributed by atoms with Crippen LogP contribution in [0.3, 0.4) is 0 Å². The van der Waals surface area contributed by atoms with Gasteiger partial charge in [-0.25, -0.2) is 9.97 Å². The van der Waals surface area contributed by atoms with E-state index < -0.39 is 0 Å². The van der Waals surface area contributed by atoms with E-state index in [4.69, 9.17) is 14.7 Å². The van der Waals surface area contributed by atoms with Gasteiger partial charge in [-0.1, -0.05) is 0 Å². The Morgan fingerprint density at radius 1 is 1.23 bits per heavy atom. The summed E-state index contributed by atoms with van der Waals surface area (Å²) in [6.07, 6.45) is 3.68. The number of aromatic nitrogens is 2. The Bertz CT molecular complexity index is 678. The van der Waals surface area contributed by atoms with Crippen LogP contribution in [-0.2, 0) is 24.1 Å². The van der Waals surface area contributed by atoms with Crippen LogP contribution >= 0.6 is 11.3 Å². The summed E-state index contributed by atoms with van der Waals surface area (Å²) in [4.78, 5) is 14.0. The molecule has 0 radical (unpaired) electrons. The van der Waals surface area contributed by atoms with Gasteiger partial charge in [-0.3, -0.25) is 0 Å². The van der Waals surface area contributed by atoms with Gasteiger partial charge in [-0.2, -0.15) is 0 Å². The van der Waals surface area contributed by atoms with Crippen LogP contribution in [0.2, 0.25) is 0 Å². The molecule has 1 aliphatic carbocycles. The zero-order chi connectivity index (χ0) is 14.9. The fraction of sp³-hybridized carbons (Fsp3) is 0.625. The van der Waals surface area contributed by atoms with Crippen molar-refractivity contribution in [3.05, 3.63) is 16.3 Å². The molecule has 4 rings (SSSR count). The van der Waals surface area contributed by atoms with Gasteiger partial charge in [0.1, 0.15) is 30.3 Å². The number of rotatable bonds is 4. The predicted molar refractivity (Wildman–Crippen MR) is 88.8 cm³/mol. The molecule has 1 fully saturated rings. The minimum atomic E-state index is 0.852.